The van der Waals surface area contributed by atoms with E-state index in [-0.39, 0.29) is 24.4 Å². The smallest absolute Gasteiger partial charge is 0.332 e. The van der Waals surface area contributed by atoms with E-state index in [0.717, 1.165) is 4.57 Å². The number of carbonyl (C=O) groups is 1. The number of aromatic nitrogens is 2. The standard InChI is InChI=1S/C19H15N3O4/c1-2-21-18(24)15-5-3-4-6-16(15)22(19(21)25)12-17(23)26-14-9-7-13(11-20)8-10-14/h3-10H,2,12H2,1H3. The summed E-state index contributed by atoms with van der Waals surface area (Å²) in [5, 5.41) is 9.15. The highest BCUT2D eigenvalue weighted by Gasteiger charge is 2.15. The summed E-state index contributed by atoms with van der Waals surface area (Å²) in [5.74, 6) is -0.376. The SMILES string of the molecule is CCn1c(=O)c2ccccc2n(CC(=O)Oc2ccc(C#N)cc2)c1=O. The van der Waals surface area contributed by atoms with Gasteiger partial charge in [0.05, 0.1) is 22.5 Å². The van der Waals surface area contributed by atoms with Gasteiger partial charge in [0.2, 0.25) is 0 Å². The van der Waals surface area contributed by atoms with Crippen molar-refractivity contribution in [1.29, 1.82) is 5.26 Å². The first-order chi connectivity index (χ1) is 12.5. The van der Waals surface area contributed by atoms with Crippen molar-refractivity contribution in [2.24, 2.45) is 0 Å². The monoisotopic (exact) mass is 349 g/mol. The highest BCUT2D eigenvalue weighted by Crippen LogP contribution is 2.13. The molecule has 0 aliphatic heterocycles. The minimum atomic E-state index is -0.650. The number of carbonyl (C=O) groups excluding carboxylic acids is 1. The Balaban J connectivity index is 1.97. The largest absolute Gasteiger partial charge is 0.425 e. The zero-order valence-corrected chi connectivity index (χ0v) is 14.0. The molecule has 7 nitrogen and oxygen atoms in total. The molecule has 0 unspecified atom stereocenters. The zero-order chi connectivity index (χ0) is 18.7. The fraction of sp³-hybridized carbons (Fsp3) is 0.158. The van der Waals surface area contributed by atoms with Gasteiger partial charge in [-0.1, -0.05) is 12.1 Å². The number of hydrogen-bond donors (Lipinski definition) is 0. The van der Waals surface area contributed by atoms with E-state index in [1.165, 1.54) is 28.8 Å². The Bertz CT molecular complexity index is 1130. The minimum Gasteiger partial charge on any atom is -0.425 e. The number of esters is 1. The van der Waals surface area contributed by atoms with E-state index < -0.39 is 11.7 Å². The van der Waals surface area contributed by atoms with Crippen molar-refractivity contribution in [3.05, 3.63) is 74.9 Å². The topological polar surface area (TPSA) is 94.1 Å². The van der Waals surface area contributed by atoms with Crippen molar-refractivity contribution >= 4 is 16.9 Å². The Morgan fingerprint density at radius 3 is 2.42 bits per heavy atom. The fourth-order valence-electron chi connectivity index (χ4n) is 2.69. The lowest BCUT2D eigenvalue weighted by molar-refractivity contribution is -0.135. The van der Waals surface area contributed by atoms with Crippen molar-refractivity contribution in [2.45, 2.75) is 20.0 Å². The Morgan fingerprint density at radius 2 is 1.77 bits per heavy atom. The number of ether oxygens (including phenoxy) is 1. The second-order valence-corrected chi connectivity index (χ2v) is 5.55. The third-order valence-corrected chi connectivity index (χ3v) is 3.95. The first-order valence-electron chi connectivity index (χ1n) is 7.98. The molecule has 1 aromatic heterocycles. The molecule has 1 heterocycles. The fourth-order valence-corrected chi connectivity index (χ4v) is 2.69. The quantitative estimate of drug-likeness (QED) is 0.527. The molecule has 7 heteroatoms. The van der Waals surface area contributed by atoms with Crippen LogP contribution in [-0.4, -0.2) is 15.1 Å². The summed E-state index contributed by atoms with van der Waals surface area (Å²) in [5.41, 5.74) is -0.121. The summed E-state index contributed by atoms with van der Waals surface area (Å²) in [7, 11) is 0. The molecular weight excluding hydrogens is 334 g/mol. The zero-order valence-electron chi connectivity index (χ0n) is 14.0. The Kier molecular flexibility index (Phi) is 4.67. The van der Waals surface area contributed by atoms with Crippen LogP contribution in [0.3, 0.4) is 0 Å². The van der Waals surface area contributed by atoms with E-state index in [4.69, 9.17) is 10.00 Å². The highest BCUT2D eigenvalue weighted by molar-refractivity contribution is 5.80. The van der Waals surface area contributed by atoms with E-state index in [1.807, 2.05) is 6.07 Å². The number of rotatable bonds is 4. The van der Waals surface area contributed by atoms with Gasteiger partial charge in [0.25, 0.3) is 5.56 Å². The van der Waals surface area contributed by atoms with Crippen molar-refractivity contribution in [3.63, 3.8) is 0 Å². The van der Waals surface area contributed by atoms with E-state index >= 15 is 0 Å². The van der Waals surface area contributed by atoms with Crippen LogP contribution in [0, 0.1) is 11.3 Å². The maximum absolute atomic E-state index is 12.6. The first kappa shape index (κ1) is 17.2. The van der Waals surface area contributed by atoms with Crippen LogP contribution in [0.5, 0.6) is 5.75 Å². The molecule has 3 rings (SSSR count). The van der Waals surface area contributed by atoms with Gasteiger partial charge in [0.15, 0.2) is 0 Å². The molecule has 26 heavy (non-hydrogen) atoms. The molecule has 0 amide bonds. The highest BCUT2D eigenvalue weighted by atomic mass is 16.5. The van der Waals surface area contributed by atoms with Crippen LogP contribution in [0.15, 0.2) is 58.1 Å². The summed E-state index contributed by atoms with van der Waals surface area (Å²) < 4.78 is 7.54. The van der Waals surface area contributed by atoms with E-state index in [2.05, 4.69) is 0 Å². The lowest BCUT2D eigenvalue weighted by Crippen LogP contribution is -2.41. The van der Waals surface area contributed by atoms with Crippen molar-refractivity contribution in [2.75, 3.05) is 0 Å². The van der Waals surface area contributed by atoms with E-state index in [9.17, 15) is 14.4 Å². The summed E-state index contributed by atoms with van der Waals surface area (Å²) in [6, 6.07) is 14.7. The lowest BCUT2D eigenvalue weighted by Gasteiger charge is -2.12. The molecule has 0 saturated carbocycles. The van der Waals surface area contributed by atoms with Crippen LogP contribution >= 0.6 is 0 Å². The van der Waals surface area contributed by atoms with Crippen LogP contribution in [0.4, 0.5) is 0 Å². The second-order valence-electron chi connectivity index (χ2n) is 5.55. The first-order valence-corrected chi connectivity index (χ1v) is 7.98. The predicted molar refractivity (Wildman–Crippen MR) is 94.9 cm³/mol. The van der Waals surface area contributed by atoms with Crippen LogP contribution in [0.25, 0.3) is 10.9 Å². The number of nitriles is 1. The van der Waals surface area contributed by atoms with Crippen LogP contribution in [-0.2, 0) is 17.9 Å². The van der Waals surface area contributed by atoms with Gasteiger partial charge < -0.3 is 4.74 Å². The van der Waals surface area contributed by atoms with Gasteiger partial charge in [-0.25, -0.2) is 9.59 Å². The third kappa shape index (κ3) is 3.13. The third-order valence-electron chi connectivity index (χ3n) is 3.95. The second kappa shape index (κ2) is 7.07. The van der Waals surface area contributed by atoms with Crippen molar-refractivity contribution < 1.29 is 9.53 Å². The van der Waals surface area contributed by atoms with Gasteiger partial charge in [-0.2, -0.15) is 5.26 Å². The molecule has 0 saturated heterocycles. The molecule has 0 fully saturated rings. The van der Waals surface area contributed by atoms with Crippen LogP contribution in [0.2, 0.25) is 0 Å². The molecule has 0 bridgehead atoms. The number of hydrogen-bond acceptors (Lipinski definition) is 5. The summed E-state index contributed by atoms with van der Waals surface area (Å²) in [6.45, 7) is 1.56. The lowest BCUT2D eigenvalue weighted by atomic mass is 10.2. The van der Waals surface area contributed by atoms with E-state index in [0.29, 0.717) is 16.5 Å². The number of nitrogens with zero attached hydrogens (tertiary/aromatic N) is 3. The molecule has 3 aromatic rings. The molecular formula is C19H15N3O4. The van der Waals surface area contributed by atoms with Gasteiger partial charge in [-0.05, 0) is 43.3 Å². The van der Waals surface area contributed by atoms with Crippen LogP contribution in [0.1, 0.15) is 12.5 Å². The Hall–Kier alpha value is -3.66. The Morgan fingerprint density at radius 1 is 1.08 bits per heavy atom. The summed E-state index contributed by atoms with van der Waals surface area (Å²) >= 11 is 0. The molecule has 0 atom stereocenters. The predicted octanol–water partition coefficient (Wildman–Crippen LogP) is 1.66. The normalized spacial score (nSPS) is 10.5. The van der Waals surface area contributed by atoms with E-state index in [1.54, 1.807) is 31.2 Å². The van der Waals surface area contributed by atoms with Crippen molar-refractivity contribution in [1.82, 2.24) is 9.13 Å². The van der Waals surface area contributed by atoms with Gasteiger partial charge in [0.1, 0.15) is 12.3 Å². The number of fused-ring (bicyclic) bond motifs is 1. The molecule has 2 aromatic carbocycles. The van der Waals surface area contributed by atoms with Gasteiger partial charge in [-0.15, -0.1) is 0 Å². The summed E-state index contributed by atoms with van der Waals surface area (Å²) in [4.78, 5) is 37.2. The van der Waals surface area contributed by atoms with Crippen molar-refractivity contribution in [3.8, 4) is 11.8 Å². The van der Waals surface area contributed by atoms with Gasteiger partial charge >= 0.3 is 11.7 Å². The average molecular weight is 349 g/mol. The van der Waals surface area contributed by atoms with Gasteiger partial charge in [-0.3, -0.25) is 13.9 Å². The molecule has 0 spiro atoms. The molecule has 0 N–H and O–H groups in total. The molecule has 0 aliphatic rings. The summed E-state index contributed by atoms with van der Waals surface area (Å²) in [6.07, 6.45) is 0. The maximum Gasteiger partial charge on any atom is 0.332 e. The minimum absolute atomic E-state index is 0.202. The number of para-hydroxylation sites is 1. The van der Waals surface area contributed by atoms with Gasteiger partial charge in [0, 0.05) is 6.54 Å². The number of benzene rings is 2. The maximum atomic E-state index is 12.6. The van der Waals surface area contributed by atoms with Crippen LogP contribution < -0.4 is 16.0 Å². The molecule has 0 radical (unpaired) electrons. The Labute approximate surface area is 148 Å². The molecule has 0 aliphatic carbocycles. The molecule has 130 valence electrons. The average Bonchev–Trinajstić information content (AvgIpc) is 2.66.